The lowest BCUT2D eigenvalue weighted by Crippen LogP contribution is -2.46. The Morgan fingerprint density at radius 3 is 1.70 bits per heavy atom. The summed E-state index contributed by atoms with van der Waals surface area (Å²) in [5, 5.41) is 3.17. The lowest BCUT2D eigenvalue weighted by molar-refractivity contribution is -0.138. The van der Waals surface area contributed by atoms with Gasteiger partial charge in [0.2, 0.25) is 0 Å². The van der Waals surface area contributed by atoms with E-state index in [-0.39, 0.29) is 5.82 Å². The monoisotopic (exact) mass is 645 g/mol. The molecule has 0 amide bonds. The van der Waals surface area contributed by atoms with Gasteiger partial charge in [0.25, 0.3) is 0 Å². The van der Waals surface area contributed by atoms with E-state index in [1.165, 1.54) is 36.4 Å². The van der Waals surface area contributed by atoms with E-state index in [0.717, 1.165) is 68.2 Å². The molecule has 3 heterocycles. The van der Waals surface area contributed by atoms with Gasteiger partial charge in [0.1, 0.15) is 5.82 Å². The largest absolute Gasteiger partial charge is 0.416 e. The number of halogens is 7. The average molecular weight is 646 g/mol. The van der Waals surface area contributed by atoms with Crippen molar-refractivity contribution in [1.29, 1.82) is 0 Å². The number of hydrogen-bond donors (Lipinski definition) is 1. The minimum absolute atomic E-state index is 0.272. The van der Waals surface area contributed by atoms with E-state index >= 15 is 0 Å². The number of pyridine rings is 1. The number of rotatable bonds is 5. The minimum Gasteiger partial charge on any atom is -0.369 e. The van der Waals surface area contributed by atoms with Gasteiger partial charge in [0.05, 0.1) is 16.8 Å². The first kappa shape index (κ1) is 33.2. The fourth-order valence-corrected chi connectivity index (χ4v) is 5.46. The number of alkyl halides is 6. The van der Waals surface area contributed by atoms with Crippen molar-refractivity contribution < 1.29 is 30.7 Å². The van der Waals surface area contributed by atoms with E-state index < -0.39 is 23.5 Å². The molecule has 2 fully saturated rings. The van der Waals surface area contributed by atoms with Gasteiger partial charge in [-0.2, -0.15) is 26.3 Å². The quantitative estimate of drug-likeness (QED) is 0.230. The van der Waals surface area contributed by atoms with Crippen LogP contribution in [0.15, 0.2) is 91.1 Å². The zero-order valence-electron chi connectivity index (χ0n) is 25.0. The van der Waals surface area contributed by atoms with Crippen LogP contribution in [0.3, 0.4) is 0 Å². The van der Waals surface area contributed by atoms with Gasteiger partial charge >= 0.3 is 12.4 Å². The summed E-state index contributed by atoms with van der Waals surface area (Å²) in [6, 6.07) is 21.2. The van der Waals surface area contributed by atoms with E-state index in [0.29, 0.717) is 31.0 Å². The Morgan fingerprint density at radius 2 is 1.15 bits per heavy atom. The van der Waals surface area contributed by atoms with E-state index in [9.17, 15) is 30.7 Å². The van der Waals surface area contributed by atoms with Gasteiger partial charge < -0.3 is 15.1 Å². The third-order valence-electron chi connectivity index (χ3n) is 7.95. The fourth-order valence-electron chi connectivity index (χ4n) is 5.46. The Labute approximate surface area is 263 Å². The molecule has 0 bridgehead atoms. The summed E-state index contributed by atoms with van der Waals surface area (Å²) in [4.78, 5) is 10.6. The van der Waals surface area contributed by atoms with Crippen molar-refractivity contribution in [3.05, 3.63) is 114 Å². The maximum atomic E-state index is 13.1. The SMILES string of the molecule is FC(F)(F)c1cccc(N2CCNCC2)c1.Fc1ccc(-c2ccnc(CN3CCN(c4cccc(C(F)(F)F)c4)CC3)c2)cc1. The molecule has 12 heteroatoms. The molecule has 0 spiro atoms. The predicted octanol–water partition coefficient (Wildman–Crippen LogP) is 7.34. The topological polar surface area (TPSA) is 34.6 Å². The van der Waals surface area contributed by atoms with Crippen LogP contribution in [0.1, 0.15) is 16.8 Å². The second kappa shape index (κ2) is 14.5. The molecule has 0 saturated carbocycles. The average Bonchev–Trinajstić information content (AvgIpc) is 3.06. The lowest BCUT2D eigenvalue weighted by atomic mass is 10.1. The number of nitrogens with one attached hydrogen (secondary N) is 1. The molecule has 2 aliphatic rings. The third-order valence-corrected chi connectivity index (χ3v) is 7.95. The Hall–Kier alpha value is -4.16. The van der Waals surface area contributed by atoms with Crippen LogP contribution in [0.5, 0.6) is 0 Å². The summed E-state index contributed by atoms with van der Waals surface area (Å²) in [6.07, 6.45) is -6.85. The Bertz CT molecular complexity index is 1560. The Kier molecular flexibility index (Phi) is 10.5. The van der Waals surface area contributed by atoms with Gasteiger partial charge in [0.15, 0.2) is 0 Å². The highest BCUT2D eigenvalue weighted by Gasteiger charge is 2.32. The third kappa shape index (κ3) is 8.97. The summed E-state index contributed by atoms with van der Waals surface area (Å²) in [5.41, 5.74) is 2.85. The Morgan fingerprint density at radius 1 is 0.609 bits per heavy atom. The van der Waals surface area contributed by atoms with Crippen molar-refractivity contribution in [2.75, 3.05) is 62.2 Å². The van der Waals surface area contributed by atoms with Crippen LogP contribution in [0.2, 0.25) is 0 Å². The molecule has 0 radical (unpaired) electrons. The molecule has 1 N–H and O–H groups in total. The molecule has 1 aromatic heterocycles. The zero-order chi connectivity index (χ0) is 32.7. The van der Waals surface area contributed by atoms with Gasteiger partial charge in [0, 0.05) is 76.5 Å². The lowest BCUT2D eigenvalue weighted by Gasteiger charge is -2.36. The van der Waals surface area contributed by atoms with Crippen molar-refractivity contribution in [1.82, 2.24) is 15.2 Å². The molecular weight excluding hydrogens is 611 g/mol. The molecule has 0 unspecified atom stereocenters. The molecule has 46 heavy (non-hydrogen) atoms. The van der Waals surface area contributed by atoms with Crippen molar-refractivity contribution in [3.63, 3.8) is 0 Å². The summed E-state index contributed by atoms with van der Waals surface area (Å²) in [6.45, 7) is 6.57. The van der Waals surface area contributed by atoms with Gasteiger partial charge in [-0.1, -0.05) is 24.3 Å². The zero-order valence-corrected chi connectivity index (χ0v) is 25.0. The Balaban J connectivity index is 0.000000219. The molecule has 0 atom stereocenters. The number of nitrogens with zero attached hydrogens (tertiary/aromatic N) is 4. The van der Waals surface area contributed by atoms with Gasteiger partial charge in [-0.3, -0.25) is 9.88 Å². The number of aromatic nitrogens is 1. The van der Waals surface area contributed by atoms with E-state index in [2.05, 4.69) is 15.2 Å². The molecule has 5 nitrogen and oxygen atoms in total. The van der Waals surface area contributed by atoms with E-state index in [1.807, 2.05) is 21.9 Å². The van der Waals surface area contributed by atoms with Crippen molar-refractivity contribution in [3.8, 4) is 11.1 Å². The summed E-state index contributed by atoms with van der Waals surface area (Å²) >= 11 is 0. The van der Waals surface area contributed by atoms with Crippen LogP contribution in [0.25, 0.3) is 11.1 Å². The van der Waals surface area contributed by atoms with E-state index in [1.54, 1.807) is 30.5 Å². The molecule has 3 aromatic carbocycles. The normalized spacial score (nSPS) is 16.2. The summed E-state index contributed by atoms with van der Waals surface area (Å²) in [7, 11) is 0. The fraction of sp³-hybridized carbons (Fsp3) is 0.324. The van der Waals surface area contributed by atoms with Crippen molar-refractivity contribution in [2.24, 2.45) is 0 Å². The van der Waals surface area contributed by atoms with Crippen LogP contribution >= 0.6 is 0 Å². The molecule has 0 aliphatic carbocycles. The highest BCUT2D eigenvalue weighted by Crippen LogP contribution is 2.33. The molecular formula is C34H34F7N5. The second-order valence-electron chi connectivity index (χ2n) is 11.1. The summed E-state index contributed by atoms with van der Waals surface area (Å²) < 4.78 is 89.5. The standard InChI is InChI=1S/C23H21F4N3.C11H13F3N2/c24-20-6-4-17(5-7-20)18-8-9-28-21(14-18)16-29-10-12-30(13-11-29)22-3-1-2-19(15-22)23(25,26)27;12-11(13,14)9-2-1-3-10(8-9)16-6-4-15-5-7-16/h1-9,14-15H,10-13,16H2;1-3,8,15H,4-7H2. The number of hydrogen-bond acceptors (Lipinski definition) is 5. The first-order valence-electron chi connectivity index (χ1n) is 14.9. The van der Waals surface area contributed by atoms with Crippen LogP contribution < -0.4 is 15.1 Å². The van der Waals surface area contributed by atoms with Crippen molar-refractivity contribution in [2.45, 2.75) is 18.9 Å². The van der Waals surface area contributed by atoms with Crippen LogP contribution in [-0.2, 0) is 18.9 Å². The highest BCUT2D eigenvalue weighted by molar-refractivity contribution is 5.63. The number of piperazine rings is 2. The maximum absolute atomic E-state index is 13.1. The van der Waals surface area contributed by atoms with Crippen LogP contribution in [0.4, 0.5) is 42.1 Å². The maximum Gasteiger partial charge on any atom is 0.416 e. The predicted molar refractivity (Wildman–Crippen MR) is 165 cm³/mol. The molecule has 244 valence electrons. The van der Waals surface area contributed by atoms with Gasteiger partial charge in [-0.15, -0.1) is 0 Å². The first-order valence-corrected chi connectivity index (χ1v) is 14.9. The molecule has 2 aliphatic heterocycles. The molecule has 6 rings (SSSR count). The smallest absolute Gasteiger partial charge is 0.369 e. The number of anilines is 2. The second-order valence-corrected chi connectivity index (χ2v) is 11.1. The summed E-state index contributed by atoms with van der Waals surface area (Å²) in [5.74, 6) is -0.272. The minimum atomic E-state index is -4.33. The first-order chi connectivity index (χ1) is 22.0. The van der Waals surface area contributed by atoms with Crippen LogP contribution in [-0.4, -0.2) is 62.2 Å². The van der Waals surface area contributed by atoms with Crippen molar-refractivity contribution >= 4 is 11.4 Å². The van der Waals surface area contributed by atoms with Gasteiger partial charge in [-0.05, 0) is 71.8 Å². The number of benzene rings is 3. The van der Waals surface area contributed by atoms with Crippen LogP contribution in [0, 0.1) is 5.82 Å². The van der Waals surface area contributed by atoms with Gasteiger partial charge in [-0.25, -0.2) is 4.39 Å². The molecule has 2 saturated heterocycles. The molecule has 4 aromatic rings. The van der Waals surface area contributed by atoms with E-state index in [4.69, 9.17) is 0 Å². The highest BCUT2D eigenvalue weighted by atomic mass is 19.4.